The molecule has 1 aliphatic heterocycles. The molecular weight excluding hydrogens is 404 g/mol. The summed E-state index contributed by atoms with van der Waals surface area (Å²) in [7, 11) is 3.73. The monoisotopic (exact) mass is 438 g/mol. The van der Waals surface area contributed by atoms with Gasteiger partial charge in [0.15, 0.2) is 11.5 Å². The number of likely N-dealkylation sites (tertiary alicyclic amines) is 1. The number of rotatable bonds is 10. The first-order valence-electron chi connectivity index (χ1n) is 11.4. The summed E-state index contributed by atoms with van der Waals surface area (Å²) in [6.07, 6.45) is 7.17. The van der Waals surface area contributed by atoms with Crippen molar-refractivity contribution in [2.75, 3.05) is 40.4 Å². The van der Waals surface area contributed by atoms with Gasteiger partial charge in [-0.05, 0) is 62.8 Å². The Morgan fingerprint density at radius 3 is 2.75 bits per heavy atom. The third-order valence-electron chi connectivity index (χ3n) is 5.95. The highest BCUT2D eigenvalue weighted by Gasteiger charge is 2.16. The summed E-state index contributed by atoms with van der Waals surface area (Å²) in [5.74, 6) is 1.36. The Kier molecular flexibility index (Phi) is 7.63. The number of pyridine rings is 1. The first-order valence-corrected chi connectivity index (χ1v) is 11.4. The maximum atomic E-state index is 10.4. The zero-order valence-corrected chi connectivity index (χ0v) is 19.1. The van der Waals surface area contributed by atoms with E-state index in [0.29, 0.717) is 18.0 Å². The van der Waals surface area contributed by atoms with Crippen molar-refractivity contribution in [1.29, 1.82) is 0 Å². The number of hydrogen-bond acceptors (Lipinski definition) is 6. The van der Waals surface area contributed by atoms with Gasteiger partial charge in [0.2, 0.25) is 0 Å². The quantitative estimate of drug-likeness (QED) is 0.525. The lowest BCUT2D eigenvalue weighted by molar-refractivity contribution is 0.0608. The standard InChI is InChI=1S/C25H34N4O3/c1-27(17-21-15-26-25-8-4-7-13-29(21)25)16-20-9-10-23(31-2)24(14-20)32-19-22(30)18-28-11-5-3-6-12-28/h4,7-10,13-15,22,30H,3,5-6,11-12,16-19H2,1-2H3/t22-/m0/s1. The second kappa shape index (κ2) is 10.8. The lowest BCUT2D eigenvalue weighted by Crippen LogP contribution is -2.38. The largest absolute Gasteiger partial charge is 0.493 e. The SMILES string of the molecule is COc1ccc(CN(C)Cc2cnc3ccccn23)cc1OC[C@@H](O)CN1CCCCC1. The number of β-amino-alcohol motifs (C(OH)–C–C–N with tert-alkyl or cyclic N) is 1. The van der Waals surface area contributed by atoms with Crippen molar-refractivity contribution in [3.63, 3.8) is 0 Å². The Labute approximate surface area is 190 Å². The van der Waals surface area contributed by atoms with Gasteiger partial charge in [0.25, 0.3) is 0 Å². The molecule has 3 heterocycles. The maximum Gasteiger partial charge on any atom is 0.161 e. The van der Waals surface area contributed by atoms with Gasteiger partial charge < -0.3 is 23.9 Å². The molecule has 0 aliphatic carbocycles. The van der Waals surface area contributed by atoms with Crippen LogP contribution in [0.1, 0.15) is 30.5 Å². The minimum Gasteiger partial charge on any atom is -0.493 e. The summed E-state index contributed by atoms with van der Waals surface area (Å²) in [5.41, 5.74) is 3.23. The van der Waals surface area contributed by atoms with Gasteiger partial charge in [0, 0.05) is 25.8 Å². The number of ether oxygens (including phenoxy) is 2. The Morgan fingerprint density at radius 1 is 1.09 bits per heavy atom. The van der Waals surface area contributed by atoms with Crippen molar-refractivity contribution >= 4 is 5.65 Å². The van der Waals surface area contributed by atoms with E-state index in [1.54, 1.807) is 7.11 Å². The first-order chi connectivity index (χ1) is 15.6. The number of fused-ring (bicyclic) bond motifs is 1. The first kappa shape index (κ1) is 22.6. The number of hydrogen-bond donors (Lipinski definition) is 1. The summed E-state index contributed by atoms with van der Waals surface area (Å²) >= 11 is 0. The minimum atomic E-state index is -0.515. The molecule has 0 radical (unpaired) electrons. The second-order valence-corrected chi connectivity index (χ2v) is 8.66. The molecule has 0 amide bonds. The summed E-state index contributed by atoms with van der Waals surface area (Å²) in [4.78, 5) is 9.03. The van der Waals surface area contributed by atoms with Crippen LogP contribution in [0.15, 0.2) is 48.8 Å². The molecule has 32 heavy (non-hydrogen) atoms. The van der Waals surface area contributed by atoms with Crippen LogP contribution in [0.25, 0.3) is 5.65 Å². The van der Waals surface area contributed by atoms with E-state index in [1.165, 1.54) is 19.3 Å². The smallest absolute Gasteiger partial charge is 0.161 e. The molecule has 0 unspecified atom stereocenters. The van der Waals surface area contributed by atoms with Gasteiger partial charge in [-0.2, -0.15) is 0 Å². The van der Waals surface area contributed by atoms with Crippen molar-refractivity contribution in [1.82, 2.24) is 19.2 Å². The molecule has 1 saturated heterocycles. The molecule has 4 rings (SSSR count). The normalized spacial score (nSPS) is 15.9. The van der Waals surface area contributed by atoms with Crippen LogP contribution in [-0.2, 0) is 13.1 Å². The summed E-state index contributed by atoms with van der Waals surface area (Å²) in [6, 6.07) is 12.0. The Hall–Kier alpha value is -2.61. The average Bonchev–Trinajstić information content (AvgIpc) is 3.21. The molecule has 0 bridgehead atoms. The van der Waals surface area contributed by atoms with Crippen LogP contribution < -0.4 is 9.47 Å². The molecule has 1 atom stereocenters. The van der Waals surface area contributed by atoms with E-state index in [9.17, 15) is 5.11 Å². The molecule has 2 aromatic heterocycles. The van der Waals surface area contributed by atoms with Crippen molar-refractivity contribution < 1.29 is 14.6 Å². The van der Waals surface area contributed by atoms with Gasteiger partial charge in [-0.15, -0.1) is 0 Å². The summed E-state index contributed by atoms with van der Waals surface area (Å²) in [5, 5.41) is 10.4. The third kappa shape index (κ3) is 5.79. The van der Waals surface area contributed by atoms with Crippen molar-refractivity contribution in [2.24, 2.45) is 0 Å². The maximum absolute atomic E-state index is 10.4. The van der Waals surface area contributed by atoms with Gasteiger partial charge in [-0.3, -0.25) is 4.90 Å². The predicted octanol–water partition coefficient (Wildman–Crippen LogP) is 3.20. The number of methoxy groups -OCH3 is 1. The van der Waals surface area contributed by atoms with Gasteiger partial charge in [0.05, 0.1) is 19.0 Å². The van der Waals surface area contributed by atoms with Gasteiger partial charge in [-0.1, -0.05) is 18.6 Å². The number of aliphatic hydroxyl groups excluding tert-OH is 1. The fourth-order valence-electron chi connectivity index (χ4n) is 4.36. The molecule has 172 valence electrons. The number of aromatic nitrogens is 2. The molecular formula is C25H34N4O3. The highest BCUT2D eigenvalue weighted by Crippen LogP contribution is 2.29. The minimum absolute atomic E-state index is 0.258. The number of nitrogens with zero attached hydrogens (tertiary/aromatic N) is 4. The van der Waals surface area contributed by atoms with E-state index in [2.05, 4.69) is 32.3 Å². The average molecular weight is 439 g/mol. The molecule has 1 aliphatic rings. The number of benzene rings is 1. The van der Waals surface area contributed by atoms with E-state index in [-0.39, 0.29) is 6.61 Å². The van der Waals surface area contributed by atoms with Crippen LogP contribution in [0, 0.1) is 0 Å². The highest BCUT2D eigenvalue weighted by atomic mass is 16.5. The van der Waals surface area contributed by atoms with E-state index >= 15 is 0 Å². The zero-order chi connectivity index (χ0) is 22.3. The summed E-state index contributed by atoms with van der Waals surface area (Å²) in [6.45, 7) is 4.58. The van der Waals surface area contributed by atoms with Gasteiger partial charge >= 0.3 is 0 Å². The highest BCUT2D eigenvalue weighted by molar-refractivity contribution is 5.43. The Bertz CT molecular complexity index is 1000. The van der Waals surface area contributed by atoms with Gasteiger partial charge in [0.1, 0.15) is 18.4 Å². The molecule has 1 N–H and O–H groups in total. The lowest BCUT2D eigenvalue weighted by atomic mass is 10.1. The zero-order valence-electron chi connectivity index (χ0n) is 19.1. The molecule has 0 spiro atoms. The Morgan fingerprint density at radius 2 is 1.94 bits per heavy atom. The topological polar surface area (TPSA) is 62.5 Å². The third-order valence-corrected chi connectivity index (χ3v) is 5.95. The molecule has 7 heteroatoms. The molecule has 1 fully saturated rings. The van der Waals surface area contributed by atoms with Crippen LogP contribution >= 0.6 is 0 Å². The van der Waals surface area contributed by atoms with Crippen LogP contribution in [0.5, 0.6) is 11.5 Å². The fraction of sp³-hybridized carbons (Fsp3) is 0.480. The molecule has 1 aromatic carbocycles. The molecule has 0 saturated carbocycles. The van der Waals surface area contributed by atoms with Crippen molar-refractivity contribution in [2.45, 2.75) is 38.5 Å². The molecule has 3 aromatic rings. The van der Waals surface area contributed by atoms with E-state index in [1.807, 2.05) is 42.7 Å². The van der Waals surface area contributed by atoms with E-state index in [0.717, 1.165) is 43.1 Å². The Balaban J connectivity index is 1.35. The van der Waals surface area contributed by atoms with Crippen molar-refractivity contribution in [3.05, 3.63) is 60.0 Å². The van der Waals surface area contributed by atoms with E-state index < -0.39 is 6.10 Å². The molecule has 7 nitrogen and oxygen atoms in total. The lowest BCUT2D eigenvalue weighted by Gasteiger charge is -2.28. The van der Waals surface area contributed by atoms with Crippen LogP contribution in [0.3, 0.4) is 0 Å². The van der Waals surface area contributed by atoms with Crippen molar-refractivity contribution in [3.8, 4) is 11.5 Å². The number of piperidine rings is 1. The van der Waals surface area contributed by atoms with Crippen LogP contribution in [0.2, 0.25) is 0 Å². The second-order valence-electron chi connectivity index (χ2n) is 8.66. The predicted molar refractivity (Wildman–Crippen MR) is 125 cm³/mol. The number of imidazole rings is 1. The van der Waals surface area contributed by atoms with Crippen LogP contribution in [-0.4, -0.2) is 70.8 Å². The van der Waals surface area contributed by atoms with E-state index in [4.69, 9.17) is 9.47 Å². The number of aliphatic hydroxyl groups is 1. The van der Waals surface area contributed by atoms with Crippen LogP contribution in [0.4, 0.5) is 0 Å². The fourth-order valence-corrected chi connectivity index (χ4v) is 4.36. The van der Waals surface area contributed by atoms with Gasteiger partial charge in [-0.25, -0.2) is 4.98 Å². The summed E-state index contributed by atoms with van der Waals surface area (Å²) < 4.78 is 13.6.